The SMILES string of the molecule is CC1(C)CCC(c2cc(=O)c3c(C(N)=O)nccc3[nH]2)CC1.Cc1cccc(F)c1F. The molecule has 0 saturated heterocycles. The number of rotatable bonds is 2. The number of H-pyrrole nitrogens is 1. The zero-order valence-electron chi connectivity index (χ0n) is 18.0. The second kappa shape index (κ2) is 8.96. The van der Waals surface area contributed by atoms with Crippen molar-refractivity contribution in [3.8, 4) is 0 Å². The van der Waals surface area contributed by atoms with Crippen LogP contribution in [0.2, 0.25) is 0 Å². The van der Waals surface area contributed by atoms with Gasteiger partial charge in [0.05, 0.1) is 10.9 Å². The van der Waals surface area contributed by atoms with Crippen LogP contribution in [-0.2, 0) is 0 Å². The van der Waals surface area contributed by atoms with Crippen LogP contribution in [0.15, 0.2) is 41.3 Å². The van der Waals surface area contributed by atoms with Crippen molar-refractivity contribution in [3.05, 3.63) is 75.3 Å². The summed E-state index contributed by atoms with van der Waals surface area (Å²) in [6.45, 7) is 6.10. The van der Waals surface area contributed by atoms with Crippen molar-refractivity contribution in [2.75, 3.05) is 0 Å². The number of aromatic amines is 1. The minimum Gasteiger partial charge on any atom is -0.364 e. The highest BCUT2D eigenvalue weighted by Crippen LogP contribution is 2.41. The Morgan fingerprint density at radius 3 is 2.45 bits per heavy atom. The number of hydrogen-bond donors (Lipinski definition) is 2. The van der Waals surface area contributed by atoms with Crippen molar-refractivity contribution in [2.45, 2.75) is 52.4 Å². The number of hydrogen-bond acceptors (Lipinski definition) is 3. The molecule has 0 atom stereocenters. The fourth-order valence-electron chi connectivity index (χ4n) is 3.95. The van der Waals surface area contributed by atoms with Crippen LogP contribution in [0.25, 0.3) is 10.9 Å². The number of pyridine rings is 2. The highest BCUT2D eigenvalue weighted by Gasteiger charge is 2.28. The summed E-state index contributed by atoms with van der Waals surface area (Å²) in [7, 11) is 0. The molecular weight excluding hydrogens is 400 g/mol. The number of halogens is 2. The second-order valence-corrected chi connectivity index (χ2v) is 8.84. The molecule has 1 fully saturated rings. The third-order valence-electron chi connectivity index (χ3n) is 5.92. The van der Waals surface area contributed by atoms with Crippen LogP contribution in [0.4, 0.5) is 8.78 Å². The lowest BCUT2D eigenvalue weighted by Crippen LogP contribution is -2.22. The van der Waals surface area contributed by atoms with Crippen LogP contribution in [0.5, 0.6) is 0 Å². The molecule has 0 radical (unpaired) electrons. The number of amides is 1. The summed E-state index contributed by atoms with van der Waals surface area (Å²) in [5, 5.41) is 0.287. The molecule has 2 aromatic heterocycles. The Labute approximate surface area is 179 Å². The Balaban J connectivity index is 0.000000254. The first-order chi connectivity index (χ1) is 14.6. The quantitative estimate of drug-likeness (QED) is 0.605. The van der Waals surface area contributed by atoms with Gasteiger partial charge < -0.3 is 10.7 Å². The Kier molecular flexibility index (Phi) is 6.53. The van der Waals surface area contributed by atoms with Crippen LogP contribution < -0.4 is 11.2 Å². The Hall–Kier alpha value is -3.09. The lowest BCUT2D eigenvalue weighted by Gasteiger charge is -2.34. The summed E-state index contributed by atoms with van der Waals surface area (Å²) < 4.78 is 24.6. The largest absolute Gasteiger partial charge is 0.364 e. The Morgan fingerprint density at radius 1 is 1.19 bits per heavy atom. The standard InChI is InChI=1S/C17H21N3O2.C7H6F2/c1-17(2)6-3-10(4-7-17)12-9-13(21)14-11(20-12)5-8-19-15(14)16(18)22;1-5-3-2-4-6(8)7(5)9/h5,8-10H,3-4,6-7H2,1-2H3,(H2,18,22)(H,20,21);2-4H,1H3. The minimum atomic E-state index is -0.782. The molecule has 2 heterocycles. The molecule has 1 aromatic carbocycles. The topological polar surface area (TPSA) is 88.8 Å². The number of benzene rings is 1. The first-order valence-electron chi connectivity index (χ1n) is 10.3. The molecule has 0 bridgehead atoms. The van der Waals surface area contributed by atoms with Crippen LogP contribution in [0, 0.1) is 24.0 Å². The lowest BCUT2D eigenvalue weighted by molar-refractivity contribution is 0.0997. The number of carbonyl (C=O) groups is 1. The smallest absolute Gasteiger partial charge is 0.268 e. The first-order valence-corrected chi connectivity index (χ1v) is 10.3. The van der Waals surface area contributed by atoms with Crippen molar-refractivity contribution in [3.63, 3.8) is 0 Å². The molecule has 5 nitrogen and oxygen atoms in total. The zero-order valence-corrected chi connectivity index (χ0v) is 18.0. The number of nitrogens with one attached hydrogen (secondary N) is 1. The van der Waals surface area contributed by atoms with E-state index in [1.165, 1.54) is 25.3 Å². The van der Waals surface area contributed by atoms with Crippen molar-refractivity contribution in [1.82, 2.24) is 9.97 Å². The molecule has 0 unspecified atom stereocenters. The summed E-state index contributed by atoms with van der Waals surface area (Å²) in [5.74, 6) is -1.84. The van der Waals surface area contributed by atoms with Crippen molar-refractivity contribution >= 4 is 16.8 Å². The van der Waals surface area contributed by atoms with Gasteiger partial charge in [0.25, 0.3) is 5.91 Å². The monoisotopic (exact) mass is 427 g/mol. The Morgan fingerprint density at radius 2 is 1.87 bits per heavy atom. The predicted octanol–water partition coefficient (Wildman–Crippen LogP) is 4.98. The molecule has 1 amide bonds. The molecule has 164 valence electrons. The van der Waals surface area contributed by atoms with E-state index in [1.807, 2.05) is 0 Å². The second-order valence-electron chi connectivity index (χ2n) is 8.84. The van der Waals surface area contributed by atoms with Crippen LogP contribution in [0.1, 0.15) is 67.2 Å². The van der Waals surface area contributed by atoms with Crippen LogP contribution in [0.3, 0.4) is 0 Å². The summed E-state index contributed by atoms with van der Waals surface area (Å²) in [6, 6.07) is 7.44. The van der Waals surface area contributed by atoms with Gasteiger partial charge in [-0.1, -0.05) is 26.0 Å². The average Bonchev–Trinajstić information content (AvgIpc) is 2.71. The van der Waals surface area contributed by atoms with E-state index in [-0.39, 0.29) is 16.5 Å². The van der Waals surface area contributed by atoms with Gasteiger partial charge in [-0.25, -0.2) is 8.78 Å². The third-order valence-corrected chi connectivity index (χ3v) is 5.92. The lowest BCUT2D eigenvalue weighted by atomic mass is 9.72. The van der Waals surface area contributed by atoms with Gasteiger partial charge in [-0.3, -0.25) is 14.6 Å². The van der Waals surface area contributed by atoms with Crippen LogP contribution >= 0.6 is 0 Å². The molecule has 4 rings (SSSR count). The Bertz CT molecular complexity index is 1140. The highest BCUT2D eigenvalue weighted by molar-refractivity contribution is 6.03. The fourth-order valence-corrected chi connectivity index (χ4v) is 3.95. The molecule has 0 aliphatic heterocycles. The summed E-state index contributed by atoms with van der Waals surface area (Å²) >= 11 is 0. The fraction of sp³-hybridized carbons (Fsp3) is 0.375. The van der Waals surface area contributed by atoms with Gasteiger partial charge in [0.1, 0.15) is 5.69 Å². The maximum atomic E-state index is 12.4. The van der Waals surface area contributed by atoms with Crippen molar-refractivity contribution in [2.24, 2.45) is 11.1 Å². The van der Waals surface area contributed by atoms with E-state index in [4.69, 9.17) is 5.73 Å². The molecule has 31 heavy (non-hydrogen) atoms. The predicted molar refractivity (Wildman–Crippen MR) is 117 cm³/mol. The van der Waals surface area contributed by atoms with Gasteiger partial charge in [0.15, 0.2) is 17.1 Å². The number of aromatic nitrogens is 2. The van der Waals surface area contributed by atoms with Gasteiger partial charge in [0.2, 0.25) is 0 Å². The molecule has 1 aliphatic rings. The van der Waals surface area contributed by atoms with E-state index in [0.717, 1.165) is 37.4 Å². The zero-order chi connectivity index (χ0) is 22.8. The molecular formula is C24H27F2N3O2. The summed E-state index contributed by atoms with van der Waals surface area (Å²) in [6.07, 6.45) is 5.96. The summed E-state index contributed by atoms with van der Waals surface area (Å²) in [5.41, 5.74) is 7.47. The molecule has 3 aromatic rings. The number of primary amides is 1. The minimum absolute atomic E-state index is 0.0371. The summed E-state index contributed by atoms with van der Waals surface area (Å²) in [4.78, 5) is 31.1. The van der Waals surface area contributed by atoms with Gasteiger partial charge in [-0.2, -0.15) is 0 Å². The maximum Gasteiger partial charge on any atom is 0.268 e. The molecule has 7 heteroatoms. The number of nitrogens with zero attached hydrogens (tertiary/aromatic N) is 1. The highest BCUT2D eigenvalue weighted by atomic mass is 19.2. The van der Waals surface area contributed by atoms with Gasteiger partial charge in [-0.15, -0.1) is 0 Å². The van der Waals surface area contributed by atoms with E-state index in [9.17, 15) is 18.4 Å². The van der Waals surface area contributed by atoms with E-state index in [0.29, 0.717) is 22.4 Å². The van der Waals surface area contributed by atoms with Crippen molar-refractivity contribution < 1.29 is 13.6 Å². The number of carbonyl (C=O) groups excluding carboxylic acids is 1. The number of fused-ring (bicyclic) bond motifs is 1. The molecule has 1 saturated carbocycles. The van der Waals surface area contributed by atoms with E-state index in [1.54, 1.807) is 12.1 Å². The van der Waals surface area contributed by atoms with Crippen LogP contribution in [-0.4, -0.2) is 15.9 Å². The number of nitrogens with two attached hydrogens (primary N) is 1. The normalized spacial score (nSPS) is 15.9. The molecule has 3 N–H and O–H groups in total. The first kappa shape index (κ1) is 22.6. The number of aryl methyl sites for hydroxylation is 1. The third kappa shape index (κ3) is 5.16. The maximum absolute atomic E-state index is 12.4. The van der Waals surface area contributed by atoms with E-state index < -0.39 is 17.5 Å². The van der Waals surface area contributed by atoms with E-state index in [2.05, 4.69) is 23.8 Å². The van der Waals surface area contributed by atoms with Gasteiger partial charge >= 0.3 is 0 Å². The van der Waals surface area contributed by atoms with Gasteiger partial charge in [0, 0.05) is 18.0 Å². The van der Waals surface area contributed by atoms with Gasteiger partial charge in [-0.05, 0) is 61.6 Å². The van der Waals surface area contributed by atoms with E-state index >= 15 is 0 Å². The average molecular weight is 427 g/mol. The molecule has 0 spiro atoms. The molecule has 1 aliphatic carbocycles. The van der Waals surface area contributed by atoms with Crippen molar-refractivity contribution in [1.29, 1.82) is 0 Å².